The predicted molar refractivity (Wildman–Crippen MR) is 209 cm³/mol. The first-order valence-electron chi connectivity index (χ1n) is 20.5. The number of benzene rings is 7. The van der Waals surface area contributed by atoms with Crippen LogP contribution in [0.1, 0.15) is 12.3 Å². The lowest BCUT2D eigenvalue weighted by atomic mass is 10.0. The van der Waals surface area contributed by atoms with Gasteiger partial charge in [-0.15, -0.1) is 11.3 Å². The highest BCUT2D eigenvalue weighted by Gasteiger charge is 2.19. The van der Waals surface area contributed by atoms with Crippen LogP contribution in [0.3, 0.4) is 0 Å². The summed E-state index contributed by atoms with van der Waals surface area (Å²) in [5.41, 5.74) is 5.80. The van der Waals surface area contributed by atoms with Crippen molar-refractivity contribution < 1.29 is 12.3 Å². The van der Waals surface area contributed by atoms with Gasteiger partial charge in [-0.25, -0.2) is 4.98 Å². The van der Waals surface area contributed by atoms with E-state index in [0.29, 0.717) is 33.0 Å². The van der Waals surface area contributed by atoms with Crippen molar-refractivity contribution in [1.29, 1.82) is 0 Å². The molecule has 10 aromatic rings. The van der Waals surface area contributed by atoms with E-state index in [9.17, 15) is 2.74 Å². The Labute approximate surface area is 305 Å². The van der Waals surface area contributed by atoms with Gasteiger partial charge in [-0.1, -0.05) is 145 Å². The summed E-state index contributed by atoms with van der Waals surface area (Å²) in [5, 5.41) is 0.702. The summed E-state index contributed by atoms with van der Waals surface area (Å²) in [6, 6.07) is 34.1. The molecule has 0 aliphatic carbocycles. The molecule has 10 rings (SSSR count). The van der Waals surface area contributed by atoms with Crippen LogP contribution in [-0.2, 0) is 0 Å². The summed E-state index contributed by atoms with van der Waals surface area (Å²) in [5.74, 6) is 0.675. The molecule has 0 aliphatic heterocycles. The summed E-state index contributed by atoms with van der Waals surface area (Å²) < 4.78 is 81.8. The van der Waals surface area contributed by atoms with E-state index >= 15 is 0 Å². The molecule has 0 unspecified atom stereocenters. The lowest BCUT2D eigenvalue weighted by Crippen LogP contribution is -2.06. The van der Waals surface area contributed by atoms with Gasteiger partial charge in [-0.05, 0) is 46.4 Å². The zero-order chi connectivity index (χ0) is 40.9. The quantitative estimate of drug-likeness (QED) is 0.184. The van der Waals surface area contributed by atoms with Crippen molar-refractivity contribution in [3.8, 4) is 51.0 Å². The number of fused-ring (bicyclic) bond motifs is 6. The summed E-state index contributed by atoms with van der Waals surface area (Å²) in [6.07, 6.45) is 0. The van der Waals surface area contributed by atoms with Crippen LogP contribution in [0.4, 0.5) is 0 Å². The van der Waals surface area contributed by atoms with E-state index in [2.05, 4.69) is 0 Å². The molecule has 0 amide bonds. The molecule has 0 atom stereocenters. The SMILES string of the molecule is [2H]c1c([2H])c([2H])c2c(sc3cc4c(c([2H])c32)c2c([2H])c([2H])c([2H])c([2H])c2n4-c2nc(-c3ccc(-c4ccccc4)cc3)nc(-c3ccc(-c4ccccc4)cc3)n2)c1[2H]. The third kappa shape index (κ3) is 4.79. The maximum Gasteiger partial charge on any atom is 0.238 e. The van der Waals surface area contributed by atoms with Gasteiger partial charge in [0.1, 0.15) is 0 Å². The summed E-state index contributed by atoms with van der Waals surface area (Å²) in [6.45, 7) is 0. The average molecular weight is 666 g/mol. The van der Waals surface area contributed by atoms with Crippen molar-refractivity contribution >= 4 is 53.3 Å². The van der Waals surface area contributed by atoms with Gasteiger partial charge in [0.25, 0.3) is 0 Å². The fraction of sp³-hybridized carbons (Fsp3) is 0. The highest BCUT2D eigenvalue weighted by atomic mass is 32.1. The highest BCUT2D eigenvalue weighted by molar-refractivity contribution is 7.25. The smallest absolute Gasteiger partial charge is 0.238 e. The summed E-state index contributed by atoms with van der Waals surface area (Å²) in [7, 11) is 0. The van der Waals surface area contributed by atoms with Crippen molar-refractivity contribution in [3.63, 3.8) is 0 Å². The van der Waals surface area contributed by atoms with Gasteiger partial charge < -0.3 is 0 Å². The van der Waals surface area contributed by atoms with Gasteiger partial charge in [-0.3, -0.25) is 4.57 Å². The van der Waals surface area contributed by atoms with Crippen LogP contribution in [0.25, 0.3) is 93.0 Å². The van der Waals surface area contributed by atoms with Crippen molar-refractivity contribution in [1.82, 2.24) is 19.5 Å². The minimum absolute atomic E-state index is 0.0541. The van der Waals surface area contributed by atoms with Crippen molar-refractivity contribution in [3.05, 3.63) is 170 Å². The second-order valence-corrected chi connectivity index (χ2v) is 12.9. The lowest BCUT2D eigenvalue weighted by Gasteiger charge is -2.12. The first-order valence-corrected chi connectivity index (χ1v) is 16.8. The molecule has 3 aromatic heterocycles. The van der Waals surface area contributed by atoms with Gasteiger partial charge in [0.15, 0.2) is 11.6 Å². The Morgan fingerprint density at radius 3 is 1.58 bits per heavy atom. The molecular formula is C45H28N4S. The molecule has 50 heavy (non-hydrogen) atoms. The normalized spacial score (nSPS) is 14.1. The Morgan fingerprint density at radius 2 is 0.960 bits per heavy atom. The molecule has 4 nitrogen and oxygen atoms in total. The average Bonchev–Trinajstić information content (AvgIpc) is 3.84. The number of hydrogen-bond donors (Lipinski definition) is 0. The van der Waals surface area contributed by atoms with Crippen LogP contribution in [0.2, 0.25) is 0 Å². The van der Waals surface area contributed by atoms with Crippen molar-refractivity contribution in [2.75, 3.05) is 0 Å². The molecule has 0 spiro atoms. The van der Waals surface area contributed by atoms with E-state index in [1.54, 1.807) is 10.6 Å². The molecule has 5 heteroatoms. The van der Waals surface area contributed by atoms with E-state index in [0.717, 1.165) is 33.6 Å². The van der Waals surface area contributed by atoms with Crippen LogP contribution < -0.4 is 0 Å². The third-order valence-corrected chi connectivity index (χ3v) is 9.89. The van der Waals surface area contributed by atoms with Crippen molar-refractivity contribution in [2.45, 2.75) is 0 Å². The standard InChI is InChI=1S/C45H28N4S/c1-3-11-29(12-4-1)31-19-23-33(24-20-31)43-46-44(34-25-21-32(22-26-34)30-13-5-2-6-14-30)48-45(47-43)49-39-17-9-7-15-35(39)37-27-38-36-16-8-10-18-41(36)50-42(38)28-40(37)49/h1-28H/i7D,8D,9D,10D,15D,16D,17D,18D,27D. The first-order chi connectivity index (χ1) is 28.5. The molecule has 3 heterocycles. The fourth-order valence-corrected chi connectivity index (χ4v) is 7.41. The van der Waals surface area contributed by atoms with Crippen LogP contribution in [0.15, 0.2) is 170 Å². The van der Waals surface area contributed by atoms with E-state index in [-0.39, 0.29) is 74.0 Å². The largest absolute Gasteiger partial charge is 0.278 e. The zero-order valence-corrected chi connectivity index (χ0v) is 27.0. The Morgan fingerprint density at radius 1 is 0.440 bits per heavy atom. The number of nitrogens with zero attached hydrogens (tertiary/aromatic N) is 4. The Kier molecular flexibility index (Phi) is 4.84. The van der Waals surface area contributed by atoms with Gasteiger partial charge in [-0.2, -0.15) is 9.97 Å². The number of thiophene rings is 1. The number of aromatic nitrogens is 4. The van der Waals surface area contributed by atoms with E-state index in [1.165, 1.54) is 0 Å². The predicted octanol–water partition coefficient (Wildman–Crippen LogP) is 12.0. The van der Waals surface area contributed by atoms with Crippen molar-refractivity contribution in [2.24, 2.45) is 0 Å². The molecule has 0 saturated carbocycles. The van der Waals surface area contributed by atoms with Gasteiger partial charge >= 0.3 is 0 Å². The number of rotatable bonds is 5. The Balaban J connectivity index is 1.29. The zero-order valence-electron chi connectivity index (χ0n) is 35.2. The summed E-state index contributed by atoms with van der Waals surface area (Å²) in [4.78, 5) is 14.9. The van der Waals surface area contributed by atoms with Crippen LogP contribution in [0.5, 0.6) is 0 Å². The number of para-hydroxylation sites is 1. The highest BCUT2D eigenvalue weighted by Crippen LogP contribution is 2.40. The minimum atomic E-state index is -0.479. The topological polar surface area (TPSA) is 43.6 Å². The Hall–Kier alpha value is -6.43. The molecule has 0 aliphatic rings. The first kappa shape index (κ1) is 20.8. The molecule has 0 bridgehead atoms. The second-order valence-electron chi connectivity index (χ2n) is 11.8. The van der Waals surface area contributed by atoms with E-state index in [4.69, 9.17) is 24.5 Å². The lowest BCUT2D eigenvalue weighted by molar-refractivity contribution is 0.954. The summed E-state index contributed by atoms with van der Waals surface area (Å²) >= 11 is 1.12. The second kappa shape index (κ2) is 11.6. The third-order valence-electron chi connectivity index (χ3n) is 8.84. The molecule has 234 valence electrons. The fourth-order valence-electron chi connectivity index (χ4n) is 6.41. The van der Waals surface area contributed by atoms with Gasteiger partial charge in [0.05, 0.1) is 23.4 Å². The molecular weight excluding hydrogens is 629 g/mol. The Bertz CT molecular complexity index is 3250. The monoisotopic (exact) mass is 665 g/mol. The maximum absolute atomic E-state index is 9.64. The molecule has 0 N–H and O–H groups in total. The van der Waals surface area contributed by atoms with Gasteiger partial charge in [0, 0.05) is 42.1 Å². The molecule has 0 fully saturated rings. The van der Waals surface area contributed by atoms with Crippen LogP contribution >= 0.6 is 11.3 Å². The van der Waals surface area contributed by atoms with Gasteiger partial charge in [0.2, 0.25) is 5.95 Å². The van der Waals surface area contributed by atoms with Crippen LogP contribution in [0, 0.1) is 0 Å². The minimum Gasteiger partial charge on any atom is -0.278 e. The molecule has 0 radical (unpaired) electrons. The molecule has 7 aromatic carbocycles. The molecule has 0 saturated heterocycles. The van der Waals surface area contributed by atoms with E-state index in [1.807, 2.05) is 109 Å². The van der Waals surface area contributed by atoms with Crippen LogP contribution in [-0.4, -0.2) is 19.5 Å². The maximum atomic E-state index is 9.64. The number of hydrogen-bond acceptors (Lipinski definition) is 4. The van der Waals surface area contributed by atoms with E-state index < -0.39 is 18.1 Å².